The van der Waals surface area contributed by atoms with Gasteiger partial charge in [-0.3, -0.25) is 0 Å². The Morgan fingerprint density at radius 3 is 2.57 bits per heavy atom. The van der Waals surface area contributed by atoms with Gasteiger partial charge >= 0.3 is 0 Å². The van der Waals surface area contributed by atoms with Crippen LogP contribution in [0.5, 0.6) is 5.75 Å². The maximum atomic E-state index is 13.1. The van der Waals surface area contributed by atoms with E-state index >= 15 is 0 Å². The van der Waals surface area contributed by atoms with Crippen molar-refractivity contribution in [1.29, 1.82) is 0 Å². The summed E-state index contributed by atoms with van der Waals surface area (Å²) in [7, 11) is 5.63. The molecular formula is C15H21BBrFO3Y2. The molecule has 2 rings (SSSR count). The van der Waals surface area contributed by atoms with Gasteiger partial charge in [0.2, 0.25) is 0 Å². The number of hydrogen-bond donors (Lipinski definition) is 0. The summed E-state index contributed by atoms with van der Waals surface area (Å²) in [6, 6.07) is 4.31. The maximum absolute atomic E-state index is 13.1. The van der Waals surface area contributed by atoms with Gasteiger partial charge in [-0.05, 0) is 54.4 Å². The van der Waals surface area contributed by atoms with Crippen molar-refractivity contribution in [1.82, 2.24) is 0 Å². The van der Waals surface area contributed by atoms with Gasteiger partial charge in [-0.1, -0.05) is 13.7 Å². The largest absolute Gasteiger partial charge is 0.486 e. The van der Waals surface area contributed by atoms with Crippen LogP contribution in [0.2, 0.25) is 6.32 Å². The molecule has 0 aliphatic carbocycles. The Morgan fingerprint density at radius 2 is 2.09 bits per heavy atom. The van der Waals surface area contributed by atoms with Crippen molar-refractivity contribution in [3.05, 3.63) is 28.5 Å². The van der Waals surface area contributed by atoms with E-state index in [9.17, 15) is 4.39 Å². The van der Waals surface area contributed by atoms with Crippen molar-refractivity contribution >= 4 is 23.8 Å². The molecule has 0 saturated carbocycles. The van der Waals surface area contributed by atoms with Gasteiger partial charge in [0.05, 0.1) is 18.9 Å². The van der Waals surface area contributed by atoms with E-state index in [0.717, 1.165) is 0 Å². The summed E-state index contributed by atoms with van der Waals surface area (Å²) in [5.41, 5.74) is 0. The molecule has 0 amide bonds. The van der Waals surface area contributed by atoms with Crippen LogP contribution in [-0.4, -0.2) is 32.4 Å². The zero-order valence-corrected chi connectivity index (χ0v) is 20.0. The third-order valence-corrected chi connectivity index (χ3v) is 3.69. The van der Waals surface area contributed by atoms with Crippen molar-refractivity contribution in [3.8, 4) is 5.75 Å². The zero-order valence-electron chi connectivity index (χ0n) is 12.7. The molecular weight excluding hydrogens is 516 g/mol. The molecule has 4 radical (unpaired) electrons. The normalized spacial score (nSPS) is 19.7. The molecule has 1 heterocycles. The first-order valence-electron chi connectivity index (χ1n) is 6.55. The van der Waals surface area contributed by atoms with Gasteiger partial charge in [0.25, 0.3) is 0 Å². The van der Waals surface area contributed by atoms with Gasteiger partial charge in [0, 0.05) is 65.4 Å². The molecule has 1 saturated heterocycles. The van der Waals surface area contributed by atoms with Crippen LogP contribution in [0.25, 0.3) is 0 Å². The van der Waals surface area contributed by atoms with Crippen molar-refractivity contribution < 1.29 is 84.0 Å². The van der Waals surface area contributed by atoms with E-state index in [0.29, 0.717) is 29.6 Å². The van der Waals surface area contributed by atoms with Crippen molar-refractivity contribution in [2.75, 3.05) is 6.61 Å². The Kier molecular flexibility index (Phi) is 14.1. The van der Waals surface area contributed by atoms with Gasteiger partial charge in [0.1, 0.15) is 23.8 Å². The summed E-state index contributed by atoms with van der Waals surface area (Å²) in [6.07, 6.45) is 0.687. The Labute approximate surface area is 198 Å². The Bertz CT molecular complexity index is 480. The summed E-state index contributed by atoms with van der Waals surface area (Å²) < 4.78 is 30.9. The fourth-order valence-electron chi connectivity index (χ4n) is 2.12. The number of rotatable bonds is 5. The third kappa shape index (κ3) is 8.23. The van der Waals surface area contributed by atoms with Crippen LogP contribution in [0.1, 0.15) is 27.7 Å². The van der Waals surface area contributed by atoms with E-state index in [-0.39, 0.29) is 90.9 Å². The average Bonchev–Trinajstić information content (AvgIpc) is 2.72. The molecule has 0 bridgehead atoms. The molecule has 0 N–H and O–H groups in total. The van der Waals surface area contributed by atoms with Crippen LogP contribution in [0.15, 0.2) is 22.7 Å². The van der Waals surface area contributed by atoms with Gasteiger partial charge < -0.3 is 14.2 Å². The van der Waals surface area contributed by atoms with E-state index < -0.39 is 5.79 Å². The molecule has 1 aromatic rings. The molecule has 8 heteroatoms. The van der Waals surface area contributed by atoms with E-state index in [4.69, 9.17) is 22.1 Å². The molecule has 1 aliphatic heterocycles. The first kappa shape index (κ1) is 26.8. The molecule has 1 unspecified atom stereocenters. The molecule has 122 valence electrons. The number of hydrogen-bond acceptors (Lipinski definition) is 3. The Balaban J connectivity index is 0. The first-order valence-corrected chi connectivity index (χ1v) is 7.34. The minimum atomic E-state index is -0.610. The van der Waals surface area contributed by atoms with E-state index in [1.807, 2.05) is 13.8 Å². The average molecular weight is 537 g/mol. The van der Waals surface area contributed by atoms with E-state index in [2.05, 4.69) is 15.9 Å². The molecule has 1 aliphatic rings. The Morgan fingerprint density at radius 1 is 1.43 bits per heavy atom. The van der Waals surface area contributed by atoms with Gasteiger partial charge in [0.15, 0.2) is 5.79 Å². The van der Waals surface area contributed by atoms with Gasteiger partial charge in [-0.2, -0.15) is 0 Å². The van der Waals surface area contributed by atoms with E-state index in [1.165, 1.54) is 12.1 Å². The predicted molar refractivity (Wildman–Crippen MR) is 85.3 cm³/mol. The van der Waals surface area contributed by atoms with Gasteiger partial charge in [-0.25, -0.2) is 4.39 Å². The second kappa shape index (κ2) is 12.1. The van der Waals surface area contributed by atoms with Crippen LogP contribution in [-0.2, 0) is 74.9 Å². The van der Waals surface area contributed by atoms with Gasteiger partial charge in [-0.15, -0.1) is 0 Å². The standard InChI is InChI=1S/C14H17BBrFO3.CH4.2Y/c1-14(2)18-8-13(20-14)12(5-6-15)19-11-4-3-9(17)7-10(11)16;;;/h3-4,7,12-13H,5-6,8H2,1-2H3;1H4;;/t12?,13-;;;/m0.../s1. The molecule has 3 nitrogen and oxygen atoms in total. The number of ether oxygens (including phenoxy) is 3. The molecule has 23 heavy (non-hydrogen) atoms. The maximum Gasteiger partial charge on any atom is 0.163 e. The van der Waals surface area contributed by atoms with Crippen molar-refractivity contribution in [3.63, 3.8) is 0 Å². The minimum Gasteiger partial charge on any atom is -0.486 e. The molecule has 0 spiro atoms. The zero-order chi connectivity index (χ0) is 14.8. The number of benzene rings is 1. The summed E-state index contributed by atoms with van der Waals surface area (Å²) in [5.74, 6) is -0.361. The molecule has 2 atom stereocenters. The summed E-state index contributed by atoms with van der Waals surface area (Å²) in [4.78, 5) is 0. The second-order valence-electron chi connectivity index (χ2n) is 5.18. The summed E-state index contributed by atoms with van der Waals surface area (Å²) in [5, 5.41) is 0. The van der Waals surface area contributed by atoms with Crippen LogP contribution < -0.4 is 4.74 Å². The summed E-state index contributed by atoms with van der Waals surface area (Å²) in [6.45, 7) is 4.18. The van der Waals surface area contributed by atoms with Crippen LogP contribution in [0.4, 0.5) is 4.39 Å². The Hall–Kier alpha value is 1.62. The van der Waals surface area contributed by atoms with Crippen LogP contribution in [0, 0.1) is 5.82 Å². The smallest absolute Gasteiger partial charge is 0.163 e. The van der Waals surface area contributed by atoms with Crippen molar-refractivity contribution in [2.45, 2.75) is 52.0 Å². The summed E-state index contributed by atoms with van der Waals surface area (Å²) >= 11 is 3.29. The third-order valence-electron chi connectivity index (χ3n) is 3.07. The fourth-order valence-corrected chi connectivity index (χ4v) is 2.56. The molecule has 1 aromatic carbocycles. The second-order valence-corrected chi connectivity index (χ2v) is 6.03. The van der Waals surface area contributed by atoms with Crippen LogP contribution in [0.3, 0.4) is 0 Å². The quantitative estimate of drug-likeness (QED) is 0.531. The SMILES string of the molecule is C.[B]CCC(Oc1ccc(F)cc1Br)[C@@H]1COC(C)(C)O1.[Y].[Y]. The number of halogens is 2. The predicted octanol–water partition coefficient (Wildman–Crippen LogP) is 4.10. The molecule has 1 fully saturated rings. The first-order chi connectivity index (χ1) is 9.41. The van der Waals surface area contributed by atoms with Crippen LogP contribution >= 0.6 is 15.9 Å². The molecule has 0 aromatic heterocycles. The van der Waals surface area contributed by atoms with Crippen molar-refractivity contribution in [2.24, 2.45) is 0 Å². The van der Waals surface area contributed by atoms with E-state index in [1.54, 1.807) is 6.07 Å². The fraction of sp³-hybridized carbons (Fsp3) is 0.600. The topological polar surface area (TPSA) is 27.7 Å². The monoisotopic (exact) mass is 536 g/mol. The minimum absolute atomic E-state index is 0.